The van der Waals surface area contributed by atoms with Crippen LogP contribution < -0.4 is 0 Å². The average molecular weight is 257 g/mol. The number of hydrogen-bond donors (Lipinski definition) is 0. The molecule has 1 heteroatoms. The van der Waals surface area contributed by atoms with Crippen molar-refractivity contribution in [2.75, 3.05) is 0 Å². The van der Waals surface area contributed by atoms with E-state index in [2.05, 4.69) is 61.5 Å². The maximum absolute atomic E-state index is 6.69. The lowest BCUT2D eigenvalue weighted by molar-refractivity contribution is 0.474. The van der Waals surface area contributed by atoms with Crippen LogP contribution in [-0.2, 0) is 11.8 Å². The third-order valence-corrected chi connectivity index (χ3v) is 4.90. The highest BCUT2D eigenvalue weighted by Gasteiger charge is 2.40. The van der Waals surface area contributed by atoms with Crippen LogP contribution in [0.2, 0.25) is 0 Å². The van der Waals surface area contributed by atoms with Gasteiger partial charge in [0.2, 0.25) is 0 Å². The van der Waals surface area contributed by atoms with Gasteiger partial charge in [-0.25, -0.2) is 0 Å². The highest BCUT2D eigenvalue weighted by Crippen LogP contribution is 2.44. The molecule has 92 valence electrons. The Morgan fingerprint density at radius 3 is 2.44 bits per heavy atom. The van der Waals surface area contributed by atoms with Crippen molar-refractivity contribution >= 4 is 11.6 Å². The summed E-state index contributed by atoms with van der Waals surface area (Å²) in [4.78, 5) is 0. The van der Waals surface area contributed by atoms with Gasteiger partial charge in [-0.05, 0) is 36.5 Å². The van der Waals surface area contributed by atoms with Crippen molar-refractivity contribution in [3.8, 4) is 0 Å². The molecule has 0 aromatic heterocycles. The zero-order chi connectivity index (χ0) is 12.6. The van der Waals surface area contributed by atoms with Crippen LogP contribution in [0.1, 0.15) is 30.0 Å². The average Bonchev–Trinajstić information content (AvgIpc) is 2.44. The van der Waals surface area contributed by atoms with Crippen LogP contribution >= 0.6 is 11.6 Å². The minimum absolute atomic E-state index is 0.0718. The second kappa shape index (κ2) is 4.44. The third-order valence-electron chi connectivity index (χ3n) is 4.24. The molecule has 0 heterocycles. The quantitative estimate of drug-likeness (QED) is 0.657. The van der Waals surface area contributed by atoms with Gasteiger partial charge in [-0.2, -0.15) is 0 Å². The first-order valence-corrected chi connectivity index (χ1v) is 6.94. The molecule has 2 aromatic carbocycles. The Morgan fingerprint density at radius 2 is 1.67 bits per heavy atom. The van der Waals surface area contributed by atoms with Gasteiger partial charge in [-0.3, -0.25) is 0 Å². The van der Waals surface area contributed by atoms with E-state index in [1.165, 1.54) is 16.7 Å². The number of benzene rings is 2. The van der Waals surface area contributed by atoms with E-state index in [0.717, 1.165) is 12.8 Å². The summed E-state index contributed by atoms with van der Waals surface area (Å²) in [6, 6.07) is 19.4. The van der Waals surface area contributed by atoms with Crippen LogP contribution in [0.3, 0.4) is 0 Å². The van der Waals surface area contributed by atoms with Gasteiger partial charge >= 0.3 is 0 Å². The molecule has 1 aliphatic carbocycles. The monoisotopic (exact) mass is 256 g/mol. The van der Waals surface area contributed by atoms with Gasteiger partial charge in [0.05, 0.1) is 0 Å². The highest BCUT2D eigenvalue weighted by molar-refractivity contribution is 6.22. The van der Waals surface area contributed by atoms with Crippen molar-refractivity contribution in [2.24, 2.45) is 0 Å². The van der Waals surface area contributed by atoms with Crippen molar-refractivity contribution in [3.63, 3.8) is 0 Å². The van der Waals surface area contributed by atoms with Crippen molar-refractivity contribution in [1.29, 1.82) is 0 Å². The summed E-state index contributed by atoms with van der Waals surface area (Å²) in [6.07, 6.45) is 2.14. The van der Waals surface area contributed by atoms with Crippen molar-refractivity contribution in [3.05, 3.63) is 71.3 Å². The summed E-state index contributed by atoms with van der Waals surface area (Å²) in [5, 5.41) is 0.162. The van der Waals surface area contributed by atoms with Gasteiger partial charge in [0.25, 0.3) is 0 Å². The molecule has 3 rings (SSSR count). The molecular formula is C17H17Cl. The molecule has 0 nitrogen and oxygen atoms in total. The standard InChI is InChI=1S/C17H17Cl/c1-17(14-8-3-2-4-9-14)15-10-6-5-7-13(15)11-12-16(17)18/h2-10,16H,11-12H2,1H3/t16-,17-/m1/s1. The second-order valence-corrected chi connectivity index (χ2v) is 5.76. The Morgan fingerprint density at radius 1 is 1.00 bits per heavy atom. The number of aryl methyl sites for hydroxylation is 1. The fourth-order valence-electron chi connectivity index (χ4n) is 3.11. The van der Waals surface area contributed by atoms with Crippen LogP contribution in [0.4, 0.5) is 0 Å². The van der Waals surface area contributed by atoms with Crippen LogP contribution in [0.5, 0.6) is 0 Å². The first-order chi connectivity index (χ1) is 8.73. The topological polar surface area (TPSA) is 0 Å². The van der Waals surface area contributed by atoms with E-state index in [9.17, 15) is 0 Å². The normalized spacial score (nSPS) is 26.7. The summed E-state index contributed by atoms with van der Waals surface area (Å²) in [6.45, 7) is 2.28. The van der Waals surface area contributed by atoms with Crippen LogP contribution in [0, 0.1) is 0 Å². The molecular weight excluding hydrogens is 240 g/mol. The number of hydrogen-bond acceptors (Lipinski definition) is 0. The molecule has 0 aliphatic heterocycles. The predicted molar refractivity (Wildman–Crippen MR) is 77.3 cm³/mol. The summed E-state index contributed by atoms with van der Waals surface area (Å²) >= 11 is 6.69. The summed E-state index contributed by atoms with van der Waals surface area (Å²) in [5.41, 5.74) is 4.08. The molecule has 0 fully saturated rings. The lowest BCUT2D eigenvalue weighted by Crippen LogP contribution is -2.38. The van der Waals surface area contributed by atoms with Crippen molar-refractivity contribution in [2.45, 2.75) is 30.6 Å². The van der Waals surface area contributed by atoms with E-state index in [4.69, 9.17) is 11.6 Å². The molecule has 0 N–H and O–H groups in total. The Balaban J connectivity index is 2.21. The molecule has 2 atom stereocenters. The number of rotatable bonds is 1. The molecule has 0 saturated heterocycles. The Bertz CT molecular complexity index is 547. The minimum atomic E-state index is -0.0718. The van der Waals surface area contributed by atoms with Gasteiger partial charge < -0.3 is 0 Å². The van der Waals surface area contributed by atoms with Crippen LogP contribution in [0.15, 0.2) is 54.6 Å². The van der Waals surface area contributed by atoms with Gasteiger partial charge in [0.15, 0.2) is 0 Å². The van der Waals surface area contributed by atoms with E-state index >= 15 is 0 Å². The van der Waals surface area contributed by atoms with Gasteiger partial charge in [-0.15, -0.1) is 11.6 Å². The molecule has 0 spiro atoms. The van der Waals surface area contributed by atoms with Gasteiger partial charge in [0, 0.05) is 10.8 Å². The number of fused-ring (bicyclic) bond motifs is 1. The minimum Gasteiger partial charge on any atom is -0.122 e. The smallest absolute Gasteiger partial charge is 0.0474 e. The fourth-order valence-corrected chi connectivity index (χ4v) is 3.46. The summed E-state index contributed by atoms with van der Waals surface area (Å²) in [5.74, 6) is 0. The molecule has 0 amide bonds. The first-order valence-electron chi connectivity index (χ1n) is 6.51. The molecule has 0 saturated carbocycles. The summed E-state index contributed by atoms with van der Waals surface area (Å²) < 4.78 is 0. The molecule has 2 aromatic rings. The number of alkyl halides is 1. The highest BCUT2D eigenvalue weighted by atomic mass is 35.5. The van der Waals surface area contributed by atoms with Crippen molar-refractivity contribution in [1.82, 2.24) is 0 Å². The zero-order valence-electron chi connectivity index (χ0n) is 10.6. The molecule has 1 aliphatic rings. The summed E-state index contributed by atoms with van der Waals surface area (Å²) in [7, 11) is 0. The maximum atomic E-state index is 6.69. The van der Waals surface area contributed by atoms with Crippen molar-refractivity contribution < 1.29 is 0 Å². The Hall–Kier alpha value is -1.27. The van der Waals surface area contributed by atoms with Gasteiger partial charge in [-0.1, -0.05) is 54.6 Å². The van der Waals surface area contributed by atoms with Crippen LogP contribution in [0.25, 0.3) is 0 Å². The van der Waals surface area contributed by atoms with E-state index in [1.807, 2.05) is 0 Å². The predicted octanol–water partition coefficient (Wildman–Crippen LogP) is 4.55. The Kier molecular flexibility index (Phi) is 2.91. The lowest BCUT2D eigenvalue weighted by atomic mass is 9.67. The maximum Gasteiger partial charge on any atom is 0.0474 e. The molecule has 0 radical (unpaired) electrons. The molecule has 18 heavy (non-hydrogen) atoms. The number of halogens is 1. The zero-order valence-corrected chi connectivity index (χ0v) is 11.3. The van der Waals surface area contributed by atoms with E-state index < -0.39 is 0 Å². The Labute approximate surface area is 114 Å². The largest absolute Gasteiger partial charge is 0.122 e. The fraction of sp³-hybridized carbons (Fsp3) is 0.294. The van der Waals surface area contributed by atoms with E-state index in [-0.39, 0.29) is 10.8 Å². The third kappa shape index (κ3) is 1.67. The molecule has 0 bridgehead atoms. The van der Waals surface area contributed by atoms with Gasteiger partial charge in [0.1, 0.15) is 0 Å². The SMILES string of the molecule is C[C@@]1(c2ccccc2)c2ccccc2CC[C@H]1Cl. The van der Waals surface area contributed by atoms with E-state index in [0.29, 0.717) is 0 Å². The second-order valence-electron chi connectivity index (χ2n) is 5.23. The first kappa shape index (κ1) is 11.8. The lowest BCUT2D eigenvalue weighted by Gasteiger charge is -2.40. The van der Waals surface area contributed by atoms with Crippen LogP contribution in [-0.4, -0.2) is 5.38 Å². The molecule has 0 unspecified atom stereocenters. The van der Waals surface area contributed by atoms with E-state index in [1.54, 1.807) is 0 Å².